The average molecular weight is 420 g/mol. The fraction of sp³-hybridized carbons (Fsp3) is 0.190. The van der Waals surface area contributed by atoms with Crippen molar-refractivity contribution in [2.45, 2.75) is 25.4 Å². The maximum atomic E-state index is 12.8. The third-order valence-electron chi connectivity index (χ3n) is 5.41. The highest BCUT2D eigenvalue weighted by molar-refractivity contribution is 7.17. The minimum Gasteiger partial charge on any atom is -0.322 e. The number of pyridine rings is 1. The molecule has 1 fully saturated rings. The number of nitrogens with zero attached hydrogens (tertiary/aromatic N) is 2. The summed E-state index contributed by atoms with van der Waals surface area (Å²) < 4.78 is 0.979. The topological polar surface area (TPSA) is 108 Å². The molecule has 30 heavy (non-hydrogen) atoms. The Morgan fingerprint density at radius 1 is 1.23 bits per heavy atom. The minimum atomic E-state index is -0.675. The molecule has 2 aliphatic heterocycles. The molecule has 0 saturated carbocycles. The van der Waals surface area contributed by atoms with E-state index in [0.717, 1.165) is 10.1 Å². The largest absolute Gasteiger partial charge is 0.322 e. The molecule has 0 spiro atoms. The zero-order valence-corrected chi connectivity index (χ0v) is 16.5. The van der Waals surface area contributed by atoms with Crippen molar-refractivity contribution < 1.29 is 19.2 Å². The van der Waals surface area contributed by atoms with E-state index in [2.05, 4.69) is 15.6 Å². The number of benzene rings is 1. The van der Waals surface area contributed by atoms with E-state index in [4.69, 9.17) is 0 Å². The van der Waals surface area contributed by atoms with Crippen LogP contribution in [0.3, 0.4) is 0 Å². The Kier molecular flexibility index (Phi) is 4.32. The Morgan fingerprint density at radius 3 is 2.93 bits per heavy atom. The van der Waals surface area contributed by atoms with Crippen LogP contribution in [0.2, 0.25) is 0 Å². The van der Waals surface area contributed by atoms with Crippen LogP contribution in [0.25, 0.3) is 10.1 Å². The van der Waals surface area contributed by atoms with E-state index in [0.29, 0.717) is 28.8 Å². The number of nitrogens with one attached hydrogen (secondary N) is 2. The maximum absolute atomic E-state index is 12.8. The van der Waals surface area contributed by atoms with Crippen molar-refractivity contribution in [3.8, 4) is 0 Å². The lowest BCUT2D eigenvalue weighted by Gasteiger charge is -2.29. The third kappa shape index (κ3) is 3.03. The first kappa shape index (κ1) is 18.4. The summed E-state index contributed by atoms with van der Waals surface area (Å²) in [6, 6.07) is 6.08. The van der Waals surface area contributed by atoms with Gasteiger partial charge in [-0.1, -0.05) is 0 Å². The Bertz CT molecular complexity index is 1230. The average Bonchev–Trinajstić information content (AvgIpc) is 3.29. The molecule has 2 N–H and O–H groups in total. The number of thiophene rings is 1. The summed E-state index contributed by atoms with van der Waals surface area (Å²) in [6.45, 7) is 0.231. The first-order chi connectivity index (χ1) is 14.5. The summed E-state index contributed by atoms with van der Waals surface area (Å²) in [7, 11) is 0. The number of carbonyl (C=O) groups excluding carboxylic acids is 4. The lowest BCUT2D eigenvalue weighted by atomic mass is 10.0. The fourth-order valence-electron chi connectivity index (χ4n) is 3.89. The number of imide groups is 1. The Labute approximate surface area is 174 Å². The molecule has 1 saturated heterocycles. The van der Waals surface area contributed by atoms with E-state index < -0.39 is 11.9 Å². The van der Waals surface area contributed by atoms with Crippen molar-refractivity contribution in [3.63, 3.8) is 0 Å². The third-order valence-corrected chi connectivity index (χ3v) is 6.35. The van der Waals surface area contributed by atoms with Crippen LogP contribution >= 0.6 is 11.3 Å². The maximum Gasteiger partial charge on any atom is 0.255 e. The van der Waals surface area contributed by atoms with E-state index in [9.17, 15) is 19.2 Å². The number of carbonyl (C=O) groups is 4. The summed E-state index contributed by atoms with van der Waals surface area (Å²) in [5, 5.41) is 7.98. The van der Waals surface area contributed by atoms with Crippen molar-refractivity contribution in [3.05, 3.63) is 58.7 Å². The van der Waals surface area contributed by atoms with Gasteiger partial charge in [0.2, 0.25) is 11.8 Å². The molecule has 150 valence electrons. The molecule has 8 nitrogen and oxygen atoms in total. The molecule has 3 aromatic rings. The highest BCUT2D eigenvalue weighted by atomic mass is 32.1. The minimum absolute atomic E-state index is 0.203. The predicted molar refractivity (Wildman–Crippen MR) is 110 cm³/mol. The highest BCUT2D eigenvalue weighted by Crippen LogP contribution is 2.31. The Hall–Kier alpha value is -3.59. The summed E-state index contributed by atoms with van der Waals surface area (Å²) in [5.74, 6) is -1.32. The first-order valence-corrected chi connectivity index (χ1v) is 10.3. The number of amides is 4. The van der Waals surface area contributed by atoms with E-state index in [1.54, 1.807) is 30.6 Å². The summed E-state index contributed by atoms with van der Waals surface area (Å²) in [4.78, 5) is 54.6. The highest BCUT2D eigenvalue weighted by Gasteiger charge is 2.39. The summed E-state index contributed by atoms with van der Waals surface area (Å²) in [5.41, 5.74) is 2.31. The quantitative estimate of drug-likeness (QED) is 0.632. The van der Waals surface area contributed by atoms with E-state index in [1.807, 2.05) is 11.4 Å². The van der Waals surface area contributed by atoms with Gasteiger partial charge >= 0.3 is 0 Å². The second kappa shape index (κ2) is 7.03. The van der Waals surface area contributed by atoms with Crippen molar-refractivity contribution in [1.29, 1.82) is 0 Å². The van der Waals surface area contributed by atoms with Crippen LogP contribution in [0.15, 0.2) is 42.0 Å². The van der Waals surface area contributed by atoms with Gasteiger partial charge in [0, 0.05) is 47.3 Å². The van der Waals surface area contributed by atoms with Gasteiger partial charge in [-0.05, 0) is 36.2 Å². The van der Waals surface area contributed by atoms with Gasteiger partial charge in [0.05, 0.1) is 10.4 Å². The van der Waals surface area contributed by atoms with Gasteiger partial charge in [0.15, 0.2) is 0 Å². The molecule has 1 aromatic carbocycles. The lowest BCUT2D eigenvalue weighted by molar-refractivity contribution is -0.136. The second-order valence-corrected chi connectivity index (χ2v) is 8.16. The van der Waals surface area contributed by atoms with Crippen LogP contribution in [0.1, 0.15) is 39.1 Å². The van der Waals surface area contributed by atoms with Gasteiger partial charge < -0.3 is 10.2 Å². The van der Waals surface area contributed by atoms with E-state index >= 15 is 0 Å². The molecule has 1 unspecified atom stereocenters. The molecule has 0 aliphatic carbocycles. The smallest absolute Gasteiger partial charge is 0.255 e. The molecule has 2 aromatic heterocycles. The van der Waals surface area contributed by atoms with Crippen LogP contribution in [0.5, 0.6) is 0 Å². The fourth-order valence-corrected chi connectivity index (χ4v) is 4.75. The Morgan fingerprint density at radius 2 is 2.10 bits per heavy atom. The number of hydrogen-bond acceptors (Lipinski definition) is 6. The molecule has 2 aliphatic rings. The molecule has 4 amide bonds. The summed E-state index contributed by atoms with van der Waals surface area (Å²) >= 11 is 1.50. The van der Waals surface area contributed by atoms with Crippen LogP contribution in [-0.2, 0) is 16.1 Å². The second-order valence-electron chi connectivity index (χ2n) is 7.25. The summed E-state index contributed by atoms with van der Waals surface area (Å²) in [6.07, 6.45) is 3.93. The van der Waals surface area contributed by atoms with E-state index in [-0.39, 0.29) is 30.7 Å². The number of anilines is 1. The van der Waals surface area contributed by atoms with Crippen molar-refractivity contribution in [2.75, 3.05) is 5.32 Å². The van der Waals surface area contributed by atoms with Crippen LogP contribution in [0.4, 0.5) is 5.69 Å². The van der Waals surface area contributed by atoms with Gasteiger partial charge in [-0.3, -0.25) is 29.5 Å². The number of hydrogen-bond donors (Lipinski definition) is 2. The normalized spacial score (nSPS) is 18.5. The lowest BCUT2D eigenvalue weighted by Crippen LogP contribution is -2.52. The predicted octanol–water partition coefficient (Wildman–Crippen LogP) is 2.31. The first-order valence-electron chi connectivity index (χ1n) is 9.41. The van der Waals surface area contributed by atoms with Crippen molar-refractivity contribution in [2.24, 2.45) is 0 Å². The van der Waals surface area contributed by atoms with Crippen LogP contribution in [0, 0.1) is 0 Å². The number of piperidine rings is 1. The molecule has 1 atom stereocenters. The van der Waals surface area contributed by atoms with Gasteiger partial charge in [0.25, 0.3) is 11.8 Å². The van der Waals surface area contributed by atoms with Crippen molar-refractivity contribution >= 4 is 50.7 Å². The molecule has 4 heterocycles. The molecular formula is C21H16N4O4S. The van der Waals surface area contributed by atoms with Gasteiger partial charge in [-0.15, -0.1) is 11.3 Å². The molecule has 0 bridgehead atoms. The van der Waals surface area contributed by atoms with Crippen LogP contribution in [-0.4, -0.2) is 39.6 Å². The zero-order chi connectivity index (χ0) is 20.8. The van der Waals surface area contributed by atoms with Gasteiger partial charge in [-0.25, -0.2) is 0 Å². The molecule has 5 rings (SSSR count). The zero-order valence-electron chi connectivity index (χ0n) is 15.7. The van der Waals surface area contributed by atoms with Crippen molar-refractivity contribution in [1.82, 2.24) is 15.2 Å². The number of rotatable bonds is 3. The molecule has 9 heteroatoms. The van der Waals surface area contributed by atoms with Crippen LogP contribution < -0.4 is 10.6 Å². The van der Waals surface area contributed by atoms with Gasteiger partial charge in [0.1, 0.15) is 6.04 Å². The standard InChI is InChI=1S/C21H16N4O4S/c26-18-4-3-16(20(28)24-18)25-9-12-7-11(1-2-13(12)21(25)29)19(27)23-15-10-30-17-8-22-6-5-14(15)17/h1-2,5-8,10,16H,3-4,9H2,(H,23,27)(H,24,26,28). The number of aromatic nitrogens is 1. The molecular weight excluding hydrogens is 404 g/mol. The Balaban J connectivity index is 1.37. The SMILES string of the molecule is O=C1CCC(N2Cc3cc(C(=O)Nc4csc5cnccc45)ccc3C2=O)C(=O)N1. The number of fused-ring (bicyclic) bond motifs is 2. The monoisotopic (exact) mass is 420 g/mol. The molecule has 0 radical (unpaired) electrons. The van der Waals surface area contributed by atoms with E-state index in [1.165, 1.54) is 16.2 Å². The van der Waals surface area contributed by atoms with Gasteiger partial charge in [-0.2, -0.15) is 0 Å².